The van der Waals surface area contributed by atoms with Gasteiger partial charge in [0.05, 0.1) is 11.0 Å². The summed E-state index contributed by atoms with van der Waals surface area (Å²) in [5.74, 6) is 0.646. The van der Waals surface area contributed by atoms with Crippen LogP contribution >= 0.6 is 0 Å². The van der Waals surface area contributed by atoms with E-state index in [0.29, 0.717) is 30.6 Å². The van der Waals surface area contributed by atoms with Gasteiger partial charge < -0.3 is 19.8 Å². The van der Waals surface area contributed by atoms with E-state index in [0.717, 1.165) is 22.4 Å². The van der Waals surface area contributed by atoms with Gasteiger partial charge in [-0.15, -0.1) is 0 Å². The monoisotopic (exact) mass is 443 g/mol. The van der Waals surface area contributed by atoms with Gasteiger partial charge in [-0.1, -0.05) is 30.3 Å². The van der Waals surface area contributed by atoms with Gasteiger partial charge in [0.1, 0.15) is 11.5 Å². The summed E-state index contributed by atoms with van der Waals surface area (Å²) in [4.78, 5) is 35.2. The summed E-state index contributed by atoms with van der Waals surface area (Å²) in [6.45, 7) is 2.37. The minimum atomic E-state index is -0.116. The lowest BCUT2D eigenvalue weighted by Crippen LogP contribution is -2.41. The van der Waals surface area contributed by atoms with Crippen molar-refractivity contribution in [2.24, 2.45) is 7.05 Å². The number of aromatic nitrogens is 3. The van der Waals surface area contributed by atoms with Crippen LogP contribution in [0.5, 0.6) is 0 Å². The smallest absolute Gasteiger partial charge is 0.267 e. The highest BCUT2D eigenvalue weighted by molar-refractivity contribution is 5.97. The minimum absolute atomic E-state index is 0.0566. The lowest BCUT2D eigenvalue weighted by Gasteiger charge is -2.29. The summed E-state index contributed by atoms with van der Waals surface area (Å²) in [5, 5.41) is 2.99. The molecule has 0 saturated heterocycles. The number of fused-ring (bicyclic) bond motifs is 1. The van der Waals surface area contributed by atoms with Gasteiger partial charge >= 0.3 is 0 Å². The van der Waals surface area contributed by atoms with Crippen molar-refractivity contribution in [3.05, 3.63) is 89.5 Å². The zero-order valence-electron chi connectivity index (χ0n) is 19.2. The summed E-state index contributed by atoms with van der Waals surface area (Å²) in [6.07, 6.45) is 3.19. The molecular weight excluding hydrogens is 414 g/mol. The predicted molar refractivity (Wildman–Crippen MR) is 129 cm³/mol. The first-order valence-electron chi connectivity index (χ1n) is 11.1. The number of likely N-dealkylation sites (N-methyl/N-ethyl adjacent to an activating group) is 1. The van der Waals surface area contributed by atoms with E-state index in [-0.39, 0.29) is 17.9 Å². The van der Waals surface area contributed by atoms with Crippen LogP contribution in [-0.2, 0) is 13.5 Å². The van der Waals surface area contributed by atoms with Gasteiger partial charge in [-0.2, -0.15) is 0 Å². The van der Waals surface area contributed by atoms with Crippen molar-refractivity contribution >= 4 is 22.8 Å². The Morgan fingerprint density at radius 3 is 2.64 bits per heavy atom. The molecule has 0 aliphatic rings. The van der Waals surface area contributed by atoms with Gasteiger partial charge in [0.15, 0.2) is 0 Å². The number of amides is 2. The van der Waals surface area contributed by atoms with Crippen LogP contribution < -0.4 is 5.32 Å². The molecule has 2 aromatic heterocycles. The van der Waals surface area contributed by atoms with Crippen molar-refractivity contribution in [3.8, 4) is 0 Å². The van der Waals surface area contributed by atoms with Gasteiger partial charge in [-0.05, 0) is 55.7 Å². The molecule has 4 aromatic rings. The number of carbonyl (C=O) groups is 2. The zero-order chi connectivity index (χ0) is 23.4. The summed E-state index contributed by atoms with van der Waals surface area (Å²) in [7, 11) is 3.68. The maximum Gasteiger partial charge on any atom is 0.267 e. The van der Waals surface area contributed by atoms with Gasteiger partial charge in [0.2, 0.25) is 0 Å². The van der Waals surface area contributed by atoms with Crippen LogP contribution in [0.25, 0.3) is 11.0 Å². The number of imidazole rings is 1. The summed E-state index contributed by atoms with van der Waals surface area (Å²) in [6, 6.07) is 19.2. The second-order valence-corrected chi connectivity index (χ2v) is 8.36. The Bertz CT molecular complexity index is 1260. The number of hydrogen-bond donors (Lipinski definition) is 2. The van der Waals surface area contributed by atoms with Crippen LogP contribution in [0, 0.1) is 6.92 Å². The van der Waals surface area contributed by atoms with Crippen molar-refractivity contribution in [2.45, 2.75) is 25.8 Å². The molecule has 7 nitrogen and oxygen atoms in total. The first kappa shape index (κ1) is 22.3. The molecule has 33 heavy (non-hydrogen) atoms. The third-order valence-corrected chi connectivity index (χ3v) is 5.97. The molecule has 0 radical (unpaired) electrons. The number of nitrogens with one attached hydrogen (secondary N) is 2. The van der Waals surface area contributed by atoms with E-state index in [1.165, 1.54) is 0 Å². The predicted octanol–water partition coefficient (Wildman–Crippen LogP) is 3.71. The van der Waals surface area contributed by atoms with Crippen LogP contribution in [-0.4, -0.2) is 50.9 Å². The zero-order valence-corrected chi connectivity index (χ0v) is 19.2. The number of carbonyl (C=O) groups excluding carboxylic acids is 2. The standard InChI is InChI=1S/C26H29N5O2/c1-18-28-22-12-11-20(17-23(22)29-18)26(33)31(3)21(16-19-8-5-4-6-9-19)13-14-27-25(32)24-10-7-15-30(24)2/h4-12,15,17,21H,13-14,16H2,1-3H3,(H,27,32)(H,28,29)/t21-/m1/s1. The Morgan fingerprint density at radius 2 is 1.91 bits per heavy atom. The van der Waals surface area contributed by atoms with Crippen molar-refractivity contribution < 1.29 is 9.59 Å². The fraction of sp³-hybridized carbons (Fsp3) is 0.269. The van der Waals surface area contributed by atoms with E-state index < -0.39 is 0 Å². The van der Waals surface area contributed by atoms with Crippen molar-refractivity contribution in [3.63, 3.8) is 0 Å². The molecular formula is C26H29N5O2. The van der Waals surface area contributed by atoms with E-state index in [4.69, 9.17) is 0 Å². The maximum atomic E-state index is 13.4. The first-order valence-corrected chi connectivity index (χ1v) is 11.1. The normalized spacial score (nSPS) is 12.0. The minimum Gasteiger partial charge on any atom is -0.351 e. The number of aryl methyl sites for hydroxylation is 2. The van der Waals surface area contributed by atoms with Gasteiger partial charge in [0, 0.05) is 38.4 Å². The molecule has 2 heterocycles. The average Bonchev–Trinajstić information content (AvgIpc) is 3.41. The third kappa shape index (κ3) is 5.14. The molecule has 0 spiro atoms. The number of aromatic amines is 1. The molecule has 170 valence electrons. The van der Waals surface area contributed by atoms with Crippen LogP contribution in [0.3, 0.4) is 0 Å². The Balaban J connectivity index is 1.49. The SMILES string of the molecule is Cc1nc2ccc(C(=O)N(C)[C@H](CCNC(=O)c3cccn3C)Cc3ccccc3)cc2[nH]1. The van der Waals surface area contributed by atoms with E-state index in [1.54, 1.807) is 15.5 Å². The topological polar surface area (TPSA) is 83.0 Å². The number of benzene rings is 2. The molecule has 0 unspecified atom stereocenters. The summed E-state index contributed by atoms with van der Waals surface area (Å²) < 4.78 is 1.79. The molecule has 2 aromatic carbocycles. The average molecular weight is 444 g/mol. The molecule has 2 N–H and O–H groups in total. The Kier molecular flexibility index (Phi) is 6.58. The largest absolute Gasteiger partial charge is 0.351 e. The van der Waals surface area contributed by atoms with E-state index in [2.05, 4.69) is 27.4 Å². The van der Waals surface area contributed by atoms with Crippen LogP contribution in [0.1, 0.15) is 38.7 Å². The van der Waals surface area contributed by atoms with Crippen molar-refractivity contribution in [2.75, 3.05) is 13.6 Å². The maximum absolute atomic E-state index is 13.4. The van der Waals surface area contributed by atoms with Gasteiger partial charge in [0.25, 0.3) is 11.8 Å². The Hall–Kier alpha value is -3.87. The lowest BCUT2D eigenvalue weighted by atomic mass is 10.0. The lowest BCUT2D eigenvalue weighted by molar-refractivity contribution is 0.0723. The second-order valence-electron chi connectivity index (χ2n) is 8.36. The van der Waals surface area contributed by atoms with Crippen LogP contribution in [0.4, 0.5) is 0 Å². The Morgan fingerprint density at radius 1 is 1.12 bits per heavy atom. The van der Waals surface area contributed by atoms with Crippen molar-refractivity contribution in [1.29, 1.82) is 0 Å². The molecule has 0 aliphatic carbocycles. The molecule has 0 fully saturated rings. The fourth-order valence-electron chi connectivity index (χ4n) is 4.10. The Labute approximate surface area is 193 Å². The highest BCUT2D eigenvalue weighted by Gasteiger charge is 2.22. The van der Waals surface area contributed by atoms with E-state index >= 15 is 0 Å². The molecule has 0 saturated carbocycles. The summed E-state index contributed by atoms with van der Waals surface area (Å²) >= 11 is 0. The fourth-order valence-corrected chi connectivity index (χ4v) is 4.10. The first-order chi connectivity index (χ1) is 15.9. The number of hydrogen-bond acceptors (Lipinski definition) is 3. The molecule has 0 bridgehead atoms. The number of H-pyrrole nitrogens is 1. The third-order valence-electron chi connectivity index (χ3n) is 5.97. The highest BCUT2D eigenvalue weighted by atomic mass is 16.2. The van der Waals surface area contributed by atoms with Crippen LogP contribution in [0.2, 0.25) is 0 Å². The molecule has 1 atom stereocenters. The second kappa shape index (κ2) is 9.73. The summed E-state index contributed by atoms with van der Waals surface area (Å²) in [5.41, 5.74) is 4.06. The quantitative estimate of drug-likeness (QED) is 0.435. The number of rotatable bonds is 8. The highest BCUT2D eigenvalue weighted by Crippen LogP contribution is 2.18. The van der Waals surface area contributed by atoms with Crippen LogP contribution in [0.15, 0.2) is 66.9 Å². The van der Waals surface area contributed by atoms with Crippen molar-refractivity contribution in [1.82, 2.24) is 24.8 Å². The molecule has 4 rings (SSSR count). The van der Waals surface area contributed by atoms with Gasteiger partial charge in [-0.25, -0.2) is 4.98 Å². The molecule has 0 aliphatic heterocycles. The molecule has 2 amide bonds. The molecule has 7 heteroatoms. The van der Waals surface area contributed by atoms with Gasteiger partial charge in [-0.3, -0.25) is 9.59 Å². The number of nitrogens with zero attached hydrogens (tertiary/aromatic N) is 3. The van der Waals surface area contributed by atoms with E-state index in [1.807, 2.05) is 69.7 Å². The van der Waals surface area contributed by atoms with E-state index in [9.17, 15) is 9.59 Å².